The second-order valence-electron chi connectivity index (χ2n) is 9.67. The highest BCUT2D eigenvalue weighted by molar-refractivity contribution is 5.98. The van der Waals surface area contributed by atoms with E-state index in [4.69, 9.17) is 9.72 Å². The summed E-state index contributed by atoms with van der Waals surface area (Å²) in [5.74, 6) is 0.816. The van der Waals surface area contributed by atoms with Crippen molar-refractivity contribution in [1.82, 2.24) is 24.5 Å². The van der Waals surface area contributed by atoms with Gasteiger partial charge in [-0.25, -0.2) is 9.50 Å². The standard InChI is InChI=1S/C26H30N6O/c1-30-11-6-26(7-12-30)8-13-31(14-9-26)19-16-28-25-23(17-29-32(25)18-19)21-5-10-27-24-4-3-20(33-2)15-22(21)24/h3-5,10,15-18H,6-9,11-14H2,1-2H3. The number of hydrogen-bond donors (Lipinski definition) is 0. The molecule has 170 valence electrons. The van der Waals surface area contributed by atoms with E-state index >= 15 is 0 Å². The zero-order valence-corrected chi connectivity index (χ0v) is 19.4. The van der Waals surface area contributed by atoms with Crippen LogP contribution in [0.25, 0.3) is 27.7 Å². The SMILES string of the molecule is COc1ccc2nccc(-c3cnn4cc(N5CCC6(CCN(C)CC6)CC5)cnc34)c2c1. The Morgan fingerprint density at radius 2 is 1.70 bits per heavy atom. The largest absolute Gasteiger partial charge is 0.497 e. The quantitative estimate of drug-likeness (QED) is 0.472. The minimum atomic E-state index is 0.545. The van der Waals surface area contributed by atoms with Crippen LogP contribution in [0.4, 0.5) is 5.69 Å². The fourth-order valence-corrected chi connectivity index (χ4v) is 5.54. The first-order valence-electron chi connectivity index (χ1n) is 11.8. The van der Waals surface area contributed by atoms with Crippen LogP contribution in [0.2, 0.25) is 0 Å². The van der Waals surface area contributed by atoms with Crippen molar-refractivity contribution < 1.29 is 4.74 Å². The lowest BCUT2D eigenvalue weighted by Gasteiger charge is -2.46. The van der Waals surface area contributed by atoms with Gasteiger partial charge in [-0.05, 0) is 81.1 Å². The fourth-order valence-electron chi connectivity index (χ4n) is 5.54. The van der Waals surface area contributed by atoms with Crippen molar-refractivity contribution >= 4 is 22.2 Å². The van der Waals surface area contributed by atoms with Gasteiger partial charge in [0.25, 0.3) is 0 Å². The van der Waals surface area contributed by atoms with Crippen molar-refractivity contribution in [2.75, 3.05) is 45.2 Å². The minimum Gasteiger partial charge on any atom is -0.497 e. The highest BCUT2D eigenvalue weighted by Gasteiger charge is 2.37. The predicted octanol–water partition coefficient (Wildman–Crippen LogP) is 4.27. The van der Waals surface area contributed by atoms with Crippen LogP contribution >= 0.6 is 0 Å². The van der Waals surface area contributed by atoms with Gasteiger partial charge in [-0.3, -0.25) is 4.98 Å². The molecular weight excluding hydrogens is 412 g/mol. The molecule has 0 atom stereocenters. The normalized spacial score (nSPS) is 18.9. The molecule has 4 aromatic rings. The van der Waals surface area contributed by atoms with Gasteiger partial charge in [-0.1, -0.05) is 0 Å². The van der Waals surface area contributed by atoms with E-state index in [0.29, 0.717) is 5.41 Å². The Morgan fingerprint density at radius 3 is 2.48 bits per heavy atom. The first-order valence-corrected chi connectivity index (χ1v) is 11.8. The molecular formula is C26H30N6O. The predicted molar refractivity (Wildman–Crippen MR) is 131 cm³/mol. The highest BCUT2D eigenvalue weighted by atomic mass is 16.5. The Morgan fingerprint density at radius 1 is 0.909 bits per heavy atom. The number of hydrogen-bond acceptors (Lipinski definition) is 6. The third-order valence-electron chi connectivity index (χ3n) is 7.82. The van der Waals surface area contributed by atoms with Crippen molar-refractivity contribution in [3.63, 3.8) is 0 Å². The molecule has 2 aliphatic rings. The van der Waals surface area contributed by atoms with Crippen LogP contribution < -0.4 is 9.64 Å². The molecule has 2 saturated heterocycles. The molecule has 0 radical (unpaired) electrons. The highest BCUT2D eigenvalue weighted by Crippen LogP contribution is 2.42. The number of benzene rings is 1. The third-order valence-corrected chi connectivity index (χ3v) is 7.82. The third kappa shape index (κ3) is 3.60. The molecule has 5 heterocycles. The van der Waals surface area contributed by atoms with Crippen molar-refractivity contribution in [3.8, 4) is 16.9 Å². The zero-order valence-electron chi connectivity index (χ0n) is 19.4. The molecule has 0 saturated carbocycles. The summed E-state index contributed by atoms with van der Waals surface area (Å²) in [6.45, 7) is 4.66. The first kappa shape index (κ1) is 20.4. The lowest BCUT2D eigenvalue weighted by atomic mass is 9.71. The Balaban J connectivity index is 1.28. The molecule has 0 amide bonds. The number of likely N-dealkylation sites (tertiary alicyclic amines) is 1. The molecule has 1 spiro atoms. The van der Waals surface area contributed by atoms with E-state index < -0.39 is 0 Å². The summed E-state index contributed by atoms with van der Waals surface area (Å²) >= 11 is 0. The molecule has 2 fully saturated rings. The Kier molecular flexibility index (Phi) is 4.94. The van der Waals surface area contributed by atoms with Crippen LogP contribution in [-0.4, -0.2) is 64.8 Å². The fraction of sp³-hybridized carbons (Fsp3) is 0.423. The van der Waals surface area contributed by atoms with Crippen molar-refractivity contribution in [1.29, 1.82) is 0 Å². The van der Waals surface area contributed by atoms with Gasteiger partial charge in [0, 0.05) is 30.2 Å². The number of ether oxygens (including phenoxy) is 1. The Labute approximate surface area is 194 Å². The molecule has 0 aliphatic carbocycles. The van der Waals surface area contributed by atoms with Gasteiger partial charge in [-0.2, -0.15) is 5.10 Å². The topological polar surface area (TPSA) is 58.8 Å². The van der Waals surface area contributed by atoms with E-state index in [-0.39, 0.29) is 0 Å². The summed E-state index contributed by atoms with van der Waals surface area (Å²) in [5.41, 5.74) is 5.56. The molecule has 6 rings (SSSR count). The lowest BCUT2D eigenvalue weighted by Crippen LogP contribution is -2.46. The number of aromatic nitrogens is 4. The number of nitrogens with zero attached hydrogens (tertiary/aromatic N) is 6. The summed E-state index contributed by atoms with van der Waals surface area (Å²) in [6, 6.07) is 7.98. The lowest BCUT2D eigenvalue weighted by molar-refractivity contribution is 0.0944. The smallest absolute Gasteiger partial charge is 0.162 e. The van der Waals surface area contributed by atoms with Gasteiger partial charge < -0.3 is 14.5 Å². The molecule has 7 nitrogen and oxygen atoms in total. The summed E-state index contributed by atoms with van der Waals surface area (Å²) in [6.07, 6.45) is 13.1. The minimum absolute atomic E-state index is 0.545. The number of rotatable bonds is 3. The number of methoxy groups -OCH3 is 1. The summed E-state index contributed by atoms with van der Waals surface area (Å²) in [7, 11) is 3.93. The average Bonchev–Trinajstić information content (AvgIpc) is 3.29. The number of piperidine rings is 2. The van der Waals surface area contributed by atoms with Gasteiger partial charge in [0.05, 0.1) is 36.9 Å². The van der Waals surface area contributed by atoms with Crippen molar-refractivity contribution in [3.05, 3.63) is 49.1 Å². The number of fused-ring (bicyclic) bond motifs is 2. The summed E-state index contributed by atoms with van der Waals surface area (Å²) < 4.78 is 7.35. The number of anilines is 1. The molecule has 1 aromatic carbocycles. The molecule has 0 bridgehead atoms. The molecule has 0 unspecified atom stereocenters. The van der Waals surface area contributed by atoms with Crippen LogP contribution in [-0.2, 0) is 0 Å². The van der Waals surface area contributed by atoms with Crippen LogP contribution in [0.1, 0.15) is 25.7 Å². The maximum absolute atomic E-state index is 5.44. The van der Waals surface area contributed by atoms with E-state index in [1.165, 1.54) is 38.8 Å². The maximum Gasteiger partial charge on any atom is 0.162 e. The second kappa shape index (κ2) is 7.99. The first-order chi connectivity index (χ1) is 16.1. The monoisotopic (exact) mass is 442 g/mol. The van der Waals surface area contributed by atoms with Gasteiger partial charge in [0.15, 0.2) is 5.65 Å². The van der Waals surface area contributed by atoms with Gasteiger partial charge in [0.2, 0.25) is 0 Å². The van der Waals surface area contributed by atoms with E-state index in [1.54, 1.807) is 7.11 Å². The summed E-state index contributed by atoms with van der Waals surface area (Å²) in [5, 5.41) is 5.70. The Bertz CT molecular complexity index is 1300. The molecule has 7 heteroatoms. The molecule has 33 heavy (non-hydrogen) atoms. The van der Waals surface area contributed by atoms with E-state index in [2.05, 4.69) is 33.1 Å². The van der Waals surface area contributed by atoms with Crippen LogP contribution in [0.5, 0.6) is 5.75 Å². The molecule has 0 N–H and O–H groups in total. The van der Waals surface area contributed by atoms with Crippen LogP contribution in [0.3, 0.4) is 0 Å². The van der Waals surface area contributed by atoms with Crippen molar-refractivity contribution in [2.45, 2.75) is 25.7 Å². The number of pyridine rings is 1. The van der Waals surface area contributed by atoms with E-state index in [9.17, 15) is 0 Å². The molecule has 2 aliphatic heterocycles. The van der Waals surface area contributed by atoms with Gasteiger partial charge in [-0.15, -0.1) is 0 Å². The van der Waals surface area contributed by atoms with Crippen molar-refractivity contribution in [2.24, 2.45) is 5.41 Å². The zero-order chi connectivity index (χ0) is 22.4. The Hall–Kier alpha value is -3.19. The second-order valence-corrected chi connectivity index (χ2v) is 9.67. The van der Waals surface area contributed by atoms with Crippen LogP contribution in [0, 0.1) is 5.41 Å². The average molecular weight is 443 g/mol. The van der Waals surface area contributed by atoms with E-state index in [0.717, 1.165) is 52.2 Å². The van der Waals surface area contributed by atoms with Gasteiger partial charge >= 0.3 is 0 Å². The van der Waals surface area contributed by atoms with Gasteiger partial charge in [0.1, 0.15) is 5.75 Å². The summed E-state index contributed by atoms with van der Waals surface area (Å²) in [4.78, 5) is 14.3. The molecule has 3 aromatic heterocycles. The van der Waals surface area contributed by atoms with Crippen LogP contribution in [0.15, 0.2) is 49.1 Å². The maximum atomic E-state index is 5.44. The van der Waals surface area contributed by atoms with E-state index in [1.807, 2.05) is 47.4 Å².